The number of imidazole rings is 1. The van der Waals surface area contributed by atoms with Crippen LogP contribution >= 0.6 is 0 Å². The van der Waals surface area contributed by atoms with Crippen molar-refractivity contribution in [1.82, 2.24) is 24.2 Å². The third-order valence-corrected chi connectivity index (χ3v) is 6.57. The first kappa shape index (κ1) is 27.2. The van der Waals surface area contributed by atoms with Crippen LogP contribution in [0, 0.1) is 0 Å². The molecule has 4 atom stereocenters. The summed E-state index contributed by atoms with van der Waals surface area (Å²) >= 11 is 0. The van der Waals surface area contributed by atoms with Gasteiger partial charge in [0, 0.05) is 6.42 Å². The molecule has 2 aromatic heterocycles. The Morgan fingerprint density at radius 1 is 1.26 bits per heavy atom. The van der Waals surface area contributed by atoms with Gasteiger partial charge in [0.25, 0.3) is 5.91 Å². The van der Waals surface area contributed by atoms with E-state index in [2.05, 4.69) is 15.0 Å². The Balaban J connectivity index is 1.52. The number of nitrogens with one attached hydrogen (secondary N) is 1. The van der Waals surface area contributed by atoms with Gasteiger partial charge < -0.3 is 20.3 Å². The molecular weight excluding hydrogens is 527 g/mol. The molecule has 0 aliphatic carbocycles. The number of benzene rings is 1. The number of anilines is 1. The van der Waals surface area contributed by atoms with Gasteiger partial charge in [-0.1, -0.05) is 25.5 Å². The molecule has 1 amide bonds. The highest BCUT2D eigenvalue weighted by atomic mass is 32.2. The van der Waals surface area contributed by atoms with E-state index in [1.54, 1.807) is 4.72 Å². The number of esters is 1. The number of nitrogen functional groups attached to an aromatic ring is 1. The Morgan fingerprint density at radius 2 is 2.03 bits per heavy atom. The summed E-state index contributed by atoms with van der Waals surface area (Å²) in [6.07, 6.45) is -2.75. The lowest BCUT2D eigenvalue weighted by molar-refractivity contribution is -0.154. The molecule has 1 aliphatic rings. The minimum absolute atomic E-state index is 0.0185. The number of unbranched alkanes of at least 4 members (excludes halogenated alkanes) is 1. The predicted molar refractivity (Wildman–Crippen MR) is 128 cm³/mol. The van der Waals surface area contributed by atoms with Gasteiger partial charge in [0.1, 0.15) is 23.7 Å². The lowest BCUT2D eigenvalue weighted by atomic mass is 10.1. The summed E-state index contributed by atoms with van der Waals surface area (Å²) in [5, 5.41) is 9.77. The largest absolute Gasteiger partial charge is 0.507 e. The number of phenols is 1. The minimum atomic E-state index is -4.74. The summed E-state index contributed by atoms with van der Waals surface area (Å²) in [6, 6.07) is 5.28. The number of nitrogens with two attached hydrogens (primary N) is 1. The quantitative estimate of drug-likeness (QED) is 0.304. The third-order valence-electron chi connectivity index (χ3n) is 5.68. The van der Waals surface area contributed by atoms with Crippen LogP contribution < -0.4 is 10.5 Å². The van der Waals surface area contributed by atoms with Crippen molar-refractivity contribution in [3.63, 3.8) is 0 Å². The maximum Gasteiger partial charge on any atom is 0.362 e. The van der Waals surface area contributed by atoms with Crippen LogP contribution in [-0.2, 0) is 28.8 Å². The molecule has 0 unspecified atom stereocenters. The van der Waals surface area contributed by atoms with E-state index >= 15 is 4.39 Å². The summed E-state index contributed by atoms with van der Waals surface area (Å²) in [6.45, 7) is 1.05. The average molecular weight is 553 g/mol. The second kappa shape index (κ2) is 11.2. The lowest BCUT2D eigenvalue weighted by Gasteiger charge is -2.19. The molecule has 14 nitrogen and oxygen atoms in total. The van der Waals surface area contributed by atoms with Gasteiger partial charge in [-0.25, -0.2) is 24.1 Å². The van der Waals surface area contributed by atoms with Crippen molar-refractivity contribution in [2.24, 2.45) is 0 Å². The number of aromatic hydroxyl groups is 1. The highest BCUT2D eigenvalue weighted by Gasteiger charge is 2.49. The molecule has 1 aromatic carbocycles. The molecule has 1 aliphatic heterocycles. The maximum atomic E-state index is 15.6. The Bertz CT molecular complexity index is 1430. The van der Waals surface area contributed by atoms with Gasteiger partial charge in [0.2, 0.25) is 0 Å². The highest BCUT2D eigenvalue weighted by molar-refractivity contribution is 7.85. The van der Waals surface area contributed by atoms with Gasteiger partial charge in [0.05, 0.1) is 18.5 Å². The number of alkyl halides is 1. The number of hydrogen-bond acceptors (Lipinski definition) is 12. The fourth-order valence-electron chi connectivity index (χ4n) is 3.80. The Hall–Kier alpha value is -3.89. The van der Waals surface area contributed by atoms with Gasteiger partial charge in [-0.3, -0.25) is 18.3 Å². The average Bonchev–Trinajstić information content (AvgIpc) is 3.43. The zero-order valence-corrected chi connectivity index (χ0v) is 20.9. The summed E-state index contributed by atoms with van der Waals surface area (Å²) in [5.41, 5.74) is 5.81. The maximum absolute atomic E-state index is 15.6. The molecular formula is C22H25FN6O8S. The van der Waals surface area contributed by atoms with Crippen LogP contribution in [0.3, 0.4) is 0 Å². The van der Waals surface area contributed by atoms with Crippen LogP contribution in [0.1, 0.15) is 42.8 Å². The molecule has 4 rings (SSSR count). The topological polar surface area (TPSA) is 198 Å². The van der Waals surface area contributed by atoms with Crippen molar-refractivity contribution in [1.29, 1.82) is 0 Å². The van der Waals surface area contributed by atoms with Crippen molar-refractivity contribution in [3.8, 4) is 5.75 Å². The number of ether oxygens (including phenoxy) is 2. The first-order valence-electron chi connectivity index (χ1n) is 11.5. The van der Waals surface area contributed by atoms with Crippen molar-refractivity contribution in [2.75, 3.05) is 12.3 Å². The highest BCUT2D eigenvalue weighted by Crippen LogP contribution is 2.36. The third kappa shape index (κ3) is 5.81. The lowest BCUT2D eigenvalue weighted by Crippen LogP contribution is -2.39. The Morgan fingerprint density at radius 3 is 2.76 bits per heavy atom. The van der Waals surface area contributed by atoms with E-state index in [9.17, 15) is 23.1 Å². The molecule has 0 saturated carbocycles. The standard InChI is InChI=1S/C22H25FN6O8S/c1-2-3-8-15(31)37-18-14(9-35-38(33,34)28-21(32)12-6-4-5-7-13(12)30)36-22(16(18)23)29-11-27-17-19(24)25-10-26-20(17)29/h4-7,10-11,14,16,18,22,30H,2-3,8-9H2,1H3,(H,28,32)(H2,24,25,26)/t14-,16-,18-,22-/m1/s1. The van der Waals surface area contributed by atoms with Gasteiger partial charge in [-0.2, -0.15) is 8.42 Å². The van der Waals surface area contributed by atoms with E-state index in [-0.39, 0.29) is 29.0 Å². The zero-order valence-electron chi connectivity index (χ0n) is 20.1. The van der Waals surface area contributed by atoms with E-state index in [4.69, 9.17) is 19.4 Å². The van der Waals surface area contributed by atoms with E-state index < -0.39 is 59.1 Å². The number of rotatable bonds is 10. The molecule has 4 N–H and O–H groups in total. The van der Waals surface area contributed by atoms with E-state index in [1.807, 2.05) is 6.92 Å². The number of nitrogens with zero attached hydrogens (tertiary/aromatic N) is 4. The van der Waals surface area contributed by atoms with Crippen LogP contribution in [0.2, 0.25) is 0 Å². The van der Waals surface area contributed by atoms with Crippen LogP contribution in [0.4, 0.5) is 10.2 Å². The van der Waals surface area contributed by atoms with Crippen molar-refractivity contribution < 1.29 is 41.2 Å². The first-order valence-corrected chi connectivity index (χ1v) is 12.9. The molecule has 1 saturated heterocycles. The fraction of sp³-hybridized carbons (Fsp3) is 0.409. The van der Waals surface area contributed by atoms with E-state index in [1.165, 1.54) is 35.2 Å². The zero-order chi connectivity index (χ0) is 27.4. The summed E-state index contributed by atoms with van der Waals surface area (Å²) in [5.74, 6) is -2.25. The van der Waals surface area contributed by atoms with Crippen molar-refractivity contribution in [2.45, 2.75) is 50.8 Å². The van der Waals surface area contributed by atoms with Crippen LogP contribution in [0.5, 0.6) is 5.75 Å². The van der Waals surface area contributed by atoms with Crippen molar-refractivity contribution >= 4 is 39.2 Å². The number of fused-ring (bicyclic) bond motifs is 1. The van der Waals surface area contributed by atoms with Gasteiger partial charge >= 0.3 is 16.3 Å². The minimum Gasteiger partial charge on any atom is -0.507 e. The smallest absolute Gasteiger partial charge is 0.362 e. The van der Waals surface area contributed by atoms with E-state index in [0.717, 1.165) is 6.33 Å². The predicted octanol–water partition coefficient (Wildman–Crippen LogP) is 1.14. The molecule has 0 bridgehead atoms. The summed E-state index contributed by atoms with van der Waals surface area (Å²) in [4.78, 5) is 36.5. The second-order valence-corrected chi connectivity index (χ2v) is 9.69. The molecule has 1 fully saturated rings. The summed E-state index contributed by atoms with van der Waals surface area (Å²) < 4.78 is 59.2. The van der Waals surface area contributed by atoms with Crippen LogP contribution in [-0.4, -0.2) is 69.9 Å². The Labute approximate surface area is 216 Å². The number of phenolic OH excluding ortho intramolecular Hbond substituents is 1. The number of amides is 1. The number of carbonyl (C=O) groups is 2. The number of aromatic nitrogens is 4. The second-order valence-electron chi connectivity index (χ2n) is 8.34. The van der Waals surface area contributed by atoms with Crippen molar-refractivity contribution in [3.05, 3.63) is 42.5 Å². The van der Waals surface area contributed by atoms with Gasteiger partial charge in [0.15, 0.2) is 30.0 Å². The number of carbonyl (C=O) groups excluding carboxylic acids is 2. The summed E-state index contributed by atoms with van der Waals surface area (Å²) in [7, 11) is -4.74. The van der Waals surface area contributed by atoms with Gasteiger partial charge in [-0.15, -0.1) is 0 Å². The van der Waals surface area contributed by atoms with E-state index in [0.29, 0.717) is 12.8 Å². The number of hydrogen-bond donors (Lipinski definition) is 3. The van der Waals surface area contributed by atoms with Crippen LogP contribution in [0.15, 0.2) is 36.9 Å². The molecule has 0 spiro atoms. The number of para-hydroxylation sites is 1. The molecule has 0 radical (unpaired) electrons. The normalized spacial score (nSPS) is 21.4. The first-order chi connectivity index (χ1) is 18.1. The molecule has 3 aromatic rings. The molecule has 16 heteroatoms. The fourth-order valence-corrected chi connectivity index (χ4v) is 4.51. The van der Waals surface area contributed by atoms with Gasteiger partial charge in [-0.05, 0) is 18.6 Å². The molecule has 204 valence electrons. The Kier molecular flexibility index (Phi) is 8.03. The number of halogens is 1. The molecule has 3 heterocycles. The monoisotopic (exact) mass is 552 g/mol. The van der Waals surface area contributed by atoms with Crippen LogP contribution in [0.25, 0.3) is 11.2 Å². The SMILES string of the molecule is CCCCC(=O)O[C@H]1[C@@H](F)[C@H](n2cnc3c(N)ncnc32)O[C@@H]1COS(=O)(=O)NC(=O)c1ccccc1O. The molecule has 38 heavy (non-hydrogen) atoms.